The summed E-state index contributed by atoms with van der Waals surface area (Å²) < 4.78 is 5.24. The molecule has 0 aromatic heterocycles. The van der Waals surface area contributed by atoms with Crippen LogP contribution in [-0.4, -0.2) is 32.3 Å². The molecule has 2 N–H and O–H groups in total. The summed E-state index contributed by atoms with van der Waals surface area (Å²) >= 11 is 0. The van der Waals surface area contributed by atoms with Gasteiger partial charge in [0, 0.05) is 30.5 Å². The minimum atomic E-state index is -0.150. The minimum Gasteiger partial charge on any atom is -0.496 e. The first-order chi connectivity index (χ1) is 12.2. The summed E-state index contributed by atoms with van der Waals surface area (Å²) in [5.41, 5.74) is 3.02. The molecule has 1 saturated heterocycles. The van der Waals surface area contributed by atoms with Crippen molar-refractivity contribution in [3.63, 3.8) is 0 Å². The molecular weight excluding hydrogens is 314 g/mol. The van der Waals surface area contributed by atoms with E-state index in [0.717, 1.165) is 42.9 Å². The number of carbonyl (C=O) groups excluding carboxylic acids is 1. The number of aryl methyl sites for hydroxylation is 1. The zero-order valence-electron chi connectivity index (χ0n) is 14.8. The maximum Gasteiger partial charge on any atom is 0.319 e. The molecule has 5 heteroatoms. The summed E-state index contributed by atoms with van der Waals surface area (Å²) in [5.74, 6) is 0.819. The molecule has 0 unspecified atom stereocenters. The molecule has 1 heterocycles. The fraction of sp³-hybridized carbons (Fsp3) is 0.350. The average Bonchev–Trinajstić information content (AvgIpc) is 2.63. The van der Waals surface area contributed by atoms with Crippen molar-refractivity contribution in [1.82, 2.24) is 5.32 Å². The molecule has 0 radical (unpaired) electrons. The number of nitrogens with one attached hydrogen (secondary N) is 2. The Labute approximate surface area is 149 Å². The fourth-order valence-electron chi connectivity index (χ4n) is 3.23. The molecule has 1 aliphatic heterocycles. The number of nitrogens with zero attached hydrogens (tertiary/aromatic N) is 1. The third-order valence-corrected chi connectivity index (χ3v) is 4.60. The van der Waals surface area contributed by atoms with Crippen LogP contribution in [0.5, 0.6) is 5.75 Å². The van der Waals surface area contributed by atoms with Gasteiger partial charge in [0.15, 0.2) is 0 Å². The van der Waals surface area contributed by atoms with Crippen molar-refractivity contribution >= 4 is 17.4 Å². The molecule has 132 valence electrons. The van der Waals surface area contributed by atoms with Gasteiger partial charge in [-0.15, -0.1) is 0 Å². The molecule has 0 saturated carbocycles. The highest BCUT2D eigenvalue weighted by atomic mass is 16.5. The second-order valence-electron chi connectivity index (χ2n) is 6.38. The number of rotatable bonds is 4. The van der Waals surface area contributed by atoms with Gasteiger partial charge in [-0.05, 0) is 55.7 Å². The minimum absolute atomic E-state index is 0.150. The number of anilines is 2. The second kappa shape index (κ2) is 7.92. The van der Waals surface area contributed by atoms with Crippen molar-refractivity contribution in [2.24, 2.45) is 0 Å². The Morgan fingerprint density at radius 1 is 1.12 bits per heavy atom. The van der Waals surface area contributed by atoms with Gasteiger partial charge in [0.25, 0.3) is 0 Å². The van der Waals surface area contributed by atoms with Crippen LogP contribution in [0.25, 0.3) is 0 Å². The van der Waals surface area contributed by atoms with Crippen LogP contribution in [-0.2, 0) is 0 Å². The number of methoxy groups -OCH3 is 1. The molecule has 5 nitrogen and oxygen atoms in total. The number of amides is 2. The number of piperidine rings is 1. The SMILES string of the molecule is COc1ccc(NC(=O)NC2CCN(c3ccccc3)CC2)cc1C. The van der Waals surface area contributed by atoms with Crippen molar-refractivity contribution in [3.8, 4) is 5.75 Å². The molecule has 1 aliphatic rings. The first kappa shape index (κ1) is 17.1. The standard InChI is InChI=1S/C20H25N3O2/c1-15-14-17(8-9-19(15)25-2)22-20(24)21-16-10-12-23(13-11-16)18-6-4-3-5-7-18/h3-9,14,16H,10-13H2,1-2H3,(H2,21,22,24). The Morgan fingerprint density at radius 2 is 1.84 bits per heavy atom. The van der Waals surface area contributed by atoms with Crippen molar-refractivity contribution in [3.05, 3.63) is 54.1 Å². The Kier molecular flexibility index (Phi) is 5.43. The number of benzene rings is 2. The largest absolute Gasteiger partial charge is 0.496 e. The molecule has 3 rings (SSSR count). The van der Waals surface area contributed by atoms with E-state index >= 15 is 0 Å². The number of carbonyl (C=O) groups is 1. The number of para-hydroxylation sites is 1. The summed E-state index contributed by atoms with van der Waals surface area (Å²) in [7, 11) is 1.64. The Bertz CT molecular complexity index is 710. The van der Waals surface area contributed by atoms with E-state index < -0.39 is 0 Å². The van der Waals surface area contributed by atoms with Crippen LogP contribution < -0.4 is 20.3 Å². The summed E-state index contributed by atoms with van der Waals surface area (Å²) in [5, 5.41) is 5.98. The zero-order chi connectivity index (χ0) is 17.6. The molecule has 0 atom stereocenters. The molecule has 1 fully saturated rings. The first-order valence-corrected chi connectivity index (χ1v) is 8.68. The number of ether oxygens (including phenoxy) is 1. The molecule has 25 heavy (non-hydrogen) atoms. The lowest BCUT2D eigenvalue weighted by Gasteiger charge is -2.34. The summed E-state index contributed by atoms with van der Waals surface area (Å²) in [4.78, 5) is 14.6. The van der Waals surface area contributed by atoms with Crippen molar-refractivity contribution < 1.29 is 9.53 Å². The average molecular weight is 339 g/mol. The van der Waals surface area contributed by atoms with E-state index in [2.05, 4.69) is 39.8 Å². The predicted molar refractivity (Wildman–Crippen MR) is 102 cm³/mol. The number of hydrogen-bond acceptors (Lipinski definition) is 3. The van der Waals surface area contributed by atoms with E-state index in [0.29, 0.717) is 0 Å². The zero-order valence-corrected chi connectivity index (χ0v) is 14.8. The van der Waals surface area contributed by atoms with Crippen LogP contribution in [0.15, 0.2) is 48.5 Å². The van der Waals surface area contributed by atoms with Crippen molar-refractivity contribution in [2.75, 3.05) is 30.4 Å². The lowest BCUT2D eigenvalue weighted by molar-refractivity contribution is 0.246. The molecule has 2 aromatic carbocycles. The van der Waals surface area contributed by atoms with Crippen LogP contribution in [0, 0.1) is 6.92 Å². The number of urea groups is 1. The maximum absolute atomic E-state index is 12.2. The maximum atomic E-state index is 12.2. The van der Waals surface area contributed by atoms with E-state index in [1.54, 1.807) is 7.11 Å². The second-order valence-corrected chi connectivity index (χ2v) is 6.38. The smallest absolute Gasteiger partial charge is 0.319 e. The summed E-state index contributed by atoms with van der Waals surface area (Å²) in [6.45, 7) is 3.87. The summed E-state index contributed by atoms with van der Waals surface area (Å²) in [6, 6.07) is 16.1. The third kappa shape index (κ3) is 4.44. The highest BCUT2D eigenvalue weighted by Crippen LogP contribution is 2.22. The van der Waals surface area contributed by atoms with Crippen LogP contribution in [0.1, 0.15) is 18.4 Å². The van der Waals surface area contributed by atoms with Gasteiger partial charge in [0.05, 0.1) is 7.11 Å². The Morgan fingerprint density at radius 3 is 2.48 bits per heavy atom. The van der Waals surface area contributed by atoms with Crippen LogP contribution >= 0.6 is 0 Å². The normalized spacial score (nSPS) is 14.9. The lowest BCUT2D eigenvalue weighted by atomic mass is 10.0. The number of hydrogen-bond donors (Lipinski definition) is 2. The molecule has 2 amide bonds. The van der Waals surface area contributed by atoms with Gasteiger partial charge in [-0.3, -0.25) is 0 Å². The van der Waals surface area contributed by atoms with E-state index in [-0.39, 0.29) is 12.1 Å². The molecule has 2 aromatic rings. The first-order valence-electron chi connectivity index (χ1n) is 8.68. The van der Waals surface area contributed by atoms with Gasteiger partial charge in [-0.2, -0.15) is 0 Å². The third-order valence-electron chi connectivity index (χ3n) is 4.60. The molecule has 0 bridgehead atoms. The predicted octanol–water partition coefficient (Wildman–Crippen LogP) is 3.79. The monoisotopic (exact) mass is 339 g/mol. The molecule has 0 spiro atoms. The Hall–Kier alpha value is -2.69. The topological polar surface area (TPSA) is 53.6 Å². The van der Waals surface area contributed by atoms with Gasteiger partial charge in [-0.25, -0.2) is 4.79 Å². The van der Waals surface area contributed by atoms with Crippen molar-refractivity contribution in [1.29, 1.82) is 0 Å². The van der Waals surface area contributed by atoms with E-state index in [1.165, 1.54) is 5.69 Å². The van der Waals surface area contributed by atoms with Gasteiger partial charge in [0.1, 0.15) is 5.75 Å². The van der Waals surface area contributed by atoms with E-state index in [1.807, 2.05) is 31.2 Å². The van der Waals surface area contributed by atoms with Gasteiger partial charge in [0.2, 0.25) is 0 Å². The fourth-order valence-corrected chi connectivity index (χ4v) is 3.23. The van der Waals surface area contributed by atoms with Gasteiger partial charge >= 0.3 is 6.03 Å². The van der Waals surface area contributed by atoms with Crippen LogP contribution in [0.2, 0.25) is 0 Å². The van der Waals surface area contributed by atoms with E-state index in [9.17, 15) is 4.79 Å². The van der Waals surface area contributed by atoms with E-state index in [4.69, 9.17) is 4.74 Å². The Balaban J connectivity index is 1.49. The van der Waals surface area contributed by atoms with Gasteiger partial charge < -0.3 is 20.3 Å². The highest BCUT2D eigenvalue weighted by Gasteiger charge is 2.20. The highest BCUT2D eigenvalue weighted by molar-refractivity contribution is 5.89. The lowest BCUT2D eigenvalue weighted by Crippen LogP contribution is -2.46. The van der Waals surface area contributed by atoms with Crippen LogP contribution in [0.4, 0.5) is 16.2 Å². The van der Waals surface area contributed by atoms with Crippen molar-refractivity contribution in [2.45, 2.75) is 25.8 Å². The quantitative estimate of drug-likeness (QED) is 0.891. The van der Waals surface area contributed by atoms with Crippen LogP contribution in [0.3, 0.4) is 0 Å². The summed E-state index contributed by atoms with van der Waals surface area (Å²) in [6.07, 6.45) is 1.90. The molecule has 0 aliphatic carbocycles. The van der Waals surface area contributed by atoms with Gasteiger partial charge in [-0.1, -0.05) is 18.2 Å². The molecular formula is C20H25N3O2.